The van der Waals surface area contributed by atoms with Crippen LogP contribution in [0.15, 0.2) is 0 Å². The van der Waals surface area contributed by atoms with Crippen molar-refractivity contribution in [3.05, 3.63) is 11.4 Å². The molecule has 0 amide bonds. The van der Waals surface area contributed by atoms with Crippen LogP contribution in [0.25, 0.3) is 0 Å². The lowest BCUT2D eigenvalue weighted by atomic mass is 10.1. The number of aromatic nitrogens is 2. The first-order valence-corrected chi connectivity index (χ1v) is 7.18. The standard InChI is InChI=1S/C14H25N5/c1-10-13(18-15)16-11(2)17-14(10)19(3)12-8-6-4-5-7-9-12/h12H,4-9,15H2,1-3H3,(H,16,17,18). The highest BCUT2D eigenvalue weighted by Gasteiger charge is 2.21. The quantitative estimate of drug-likeness (QED) is 0.498. The molecule has 19 heavy (non-hydrogen) atoms. The van der Waals surface area contributed by atoms with Crippen molar-refractivity contribution in [2.24, 2.45) is 5.84 Å². The zero-order valence-electron chi connectivity index (χ0n) is 12.2. The van der Waals surface area contributed by atoms with Gasteiger partial charge in [0.05, 0.1) is 0 Å². The Labute approximate surface area is 115 Å². The van der Waals surface area contributed by atoms with Crippen LogP contribution in [0.4, 0.5) is 11.6 Å². The first kappa shape index (κ1) is 14.1. The molecule has 0 unspecified atom stereocenters. The van der Waals surface area contributed by atoms with E-state index >= 15 is 0 Å². The Kier molecular flexibility index (Phi) is 4.58. The van der Waals surface area contributed by atoms with E-state index < -0.39 is 0 Å². The topological polar surface area (TPSA) is 67.1 Å². The third kappa shape index (κ3) is 3.15. The minimum absolute atomic E-state index is 0.584. The van der Waals surface area contributed by atoms with Crippen molar-refractivity contribution in [3.8, 4) is 0 Å². The van der Waals surface area contributed by atoms with Gasteiger partial charge in [-0.05, 0) is 26.7 Å². The van der Waals surface area contributed by atoms with Crippen molar-refractivity contribution in [2.45, 2.75) is 58.4 Å². The van der Waals surface area contributed by atoms with Crippen LogP contribution in [0.5, 0.6) is 0 Å². The molecule has 1 aromatic rings. The van der Waals surface area contributed by atoms with Gasteiger partial charge in [-0.15, -0.1) is 0 Å². The van der Waals surface area contributed by atoms with Gasteiger partial charge in [-0.2, -0.15) is 0 Å². The summed E-state index contributed by atoms with van der Waals surface area (Å²) in [4.78, 5) is 11.2. The number of hydrogen-bond acceptors (Lipinski definition) is 5. The maximum absolute atomic E-state index is 5.53. The number of aryl methyl sites for hydroxylation is 1. The number of nitrogen functional groups attached to an aromatic ring is 1. The van der Waals surface area contributed by atoms with Crippen molar-refractivity contribution in [1.29, 1.82) is 0 Å². The zero-order valence-corrected chi connectivity index (χ0v) is 12.2. The summed E-state index contributed by atoms with van der Waals surface area (Å²) in [7, 11) is 2.14. The molecule has 0 atom stereocenters. The fourth-order valence-electron chi connectivity index (χ4n) is 2.92. The van der Waals surface area contributed by atoms with E-state index in [0.29, 0.717) is 6.04 Å². The first-order chi connectivity index (χ1) is 9.13. The van der Waals surface area contributed by atoms with Crippen molar-refractivity contribution in [1.82, 2.24) is 9.97 Å². The maximum atomic E-state index is 5.53. The van der Waals surface area contributed by atoms with Crippen molar-refractivity contribution < 1.29 is 0 Å². The van der Waals surface area contributed by atoms with Crippen molar-refractivity contribution >= 4 is 11.6 Å². The molecule has 3 N–H and O–H groups in total. The second-order valence-corrected chi connectivity index (χ2v) is 5.47. The van der Waals surface area contributed by atoms with Gasteiger partial charge in [0.25, 0.3) is 0 Å². The Bertz CT molecular complexity index is 424. The highest BCUT2D eigenvalue weighted by Crippen LogP contribution is 2.28. The Morgan fingerprint density at radius 1 is 1.11 bits per heavy atom. The summed E-state index contributed by atoms with van der Waals surface area (Å²) in [5, 5.41) is 0. The lowest BCUT2D eigenvalue weighted by Gasteiger charge is -2.30. The van der Waals surface area contributed by atoms with E-state index in [9.17, 15) is 0 Å². The van der Waals surface area contributed by atoms with Gasteiger partial charge in [0.1, 0.15) is 17.5 Å². The van der Waals surface area contributed by atoms with E-state index in [4.69, 9.17) is 5.84 Å². The fraction of sp³-hybridized carbons (Fsp3) is 0.714. The first-order valence-electron chi connectivity index (χ1n) is 7.18. The molecule has 0 bridgehead atoms. The summed E-state index contributed by atoms with van der Waals surface area (Å²) < 4.78 is 0. The lowest BCUT2D eigenvalue weighted by molar-refractivity contribution is 0.547. The van der Waals surface area contributed by atoms with Crippen molar-refractivity contribution in [2.75, 3.05) is 17.4 Å². The fourth-order valence-corrected chi connectivity index (χ4v) is 2.92. The monoisotopic (exact) mass is 263 g/mol. The van der Waals surface area contributed by atoms with E-state index in [1.165, 1.54) is 38.5 Å². The molecular weight excluding hydrogens is 238 g/mol. The predicted octanol–water partition coefficient (Wildman–Crippen LogP) is 2.54. The van der Waals surface area contributed by atoms with E-state index in [1.807, 2.05) is 13.8 Å². The number of hydrazine groups is 1. The van der Waals surface area contributed by atoms with Crippen LogP contribution in [-0.4, -0.2) is 23.1 Å². The van der Waals surface area contributed by atoms with E-state index in [2.05, 4.69) is 27.3 Å². The van der Waals surface area contributed by atoms with E-state index in [1.54, 1.807) is 0 Å². The molecule has 1 aromatic heterocycles. The van der Waals surface area contributed by atoms with Crippen LogP contribution in [0.3, 0.4) is 0 Å². The summed E-state index contributed by atoms with van der Waals surface area (Å²) in [6.45, 7) is 3.93. The Hall–Kier alpha value is -1.36. The Balaban J connectivity index is 2.26. The largest absolute Gasteiger partial charge is 0.356 e. The average molecular weight is 263 g/mol. The summed E-state index contributed by atoms with van der Waals surface area (Å²) in [6, 6.07) is 0.584. The van der Waals surface area contributed by atoms with E-state index in [0.717, 1.165) is 23.0 Å². The molecule has 5 nitrogen and oxygen atoms in total. The predicted molar refractivity (Wildman–Crippen MR) is 79.2 cm³/mol. The van der Waals surface area contributed by atoms with Gasteiger partial charge in [-0.25, -0.2) is 15.8 Å². The molecule has 5 heteroatoms. The van der Waals surface area contributed by atoms with Crippen molar-refractivity contribution in [3.63, 3.8) is 0 Å². The molecule has 1 fully saturated rings. The SMILES string of the molecule is Cc1nc(NN)c(C)c(N(C)C2CCCCCC2)n1. The van der Waals surface area contributed by atoms with Gasteiger partial charge in [0.15, 0.2) is 0 Å². The number of nitrogens with zero attached hydrogens (tertiary/aromatic N) is 3. The third-order valence-electron chi connectivity index (χ3n) is 4.08. The zero-order chi connectivity index (χ0) is 13.8. The number of nitrogens with two attached hydrogens (primary N) is 1. The molecule has 1 aliphatic rings. The molecule has 1 saturated carbocycles. The molecule has 0 saturated heterocycles. The van der Waals surface area contributed by atoms with E-state index in [-0.39, 0.29) is 0 Å². The van der Waals surface area contributed by atoms with Crippen LogP contribution in [0, 0.1) is 13.8 Å². The van der Waals surface area contributed by atoms with Gasteiger partial charge in [0, 0.05) is 18.7 Å². The molecular formula is C14H25N5. The summed E-state index contributed by atoms with van der Waals surface area (Å²) >= 11 is 0. The van der Waals surface area contributed by atoms with Gasteiger partial charge in [-0.3, -0.25) is 0 Å². The molecule has 106 valence electrons. The average Bonchev–Trinajstić information content (AvgIpc) is 2.69. The minimum Gasteiger partial charge on any atom is -0.356 e. The number of hydrogen-bond donors (Lipinski definition) is 2. The van der Waals surface area contributed by atoms with Crippen LogP contribution in [-0.2, 0) is 0 Å². The van der Waals surface area contributed by atoms with Gasteiger partial charge < -0.3 is 10.3 Å². The van der Waals surface area contributed by atoms with Crippen LogP contribution in [0.1, 0.15) is 49.9 Å². The molecule has 1 aliphatic carbocycles. The summed E-state index contributed by atoms with van der Waals surface area (Å²) in [5.41, 5.74) is 3.70. The van der Waals surface area contributed by atoms with Crippen LogP contribution < -0.4 is 16.2 Å². The molecule has 0 aromatic carbocycles. The number of anilines is 2. The number of nitrogens with one attached hydrogen (secondary N) is 1. The lowest BCUT2D eigenvalue weighted by Crippen LogP contribution is -2.33. The number of rotatable bonds is 3. The molecule has 0 radical (unpaired) electrons. The van der Waals surface area contributed by atoms with Gasteiger partial charge >= 0.3 is 0 Å². The highest BCUT2D eigenvalue weighted by atomic mass is 15.3. The van der Waals surface area contributed by atoms with Crippen LogP contribution in [0.2, 0.25) is 0 Å². The summed E-state index contributed by atoms with van der Waals surface area (Å²) in [6.07, 6.45) is 7.87. The molecule has 0 spiro atoms. The third-order valence-corrected chi connectivity index (χ3v) is 4.08. The normalized spacial score (nSPS) is 17.1. The smallest absolute Gasteiger partial charge is 0.148 e. The molecule has 2 rings (SSSR count). The Morgan fingerprint density at radius 2 is 1.74 bits per heavy atom. The molecule has 0 aliphatic heterocycles. The van der Waals surface area contributed by atoms with Crippen LogP contribution >= 0.6 is 0 Å². The second-order valence-electron chi connectivity index (χ2n) is 5.47. The maximum Gasteiger partial charge on any atom is 0.148 e. The van der Waals surface area contributed by atoms with Gasteiger partial charge in [0.2, 0.25) is 0 Å². The Morgan fingerprint density at radius 3 is 2.32 bits per heavy atom. The minimum atomic E-state index is 0.584. The van der Waals surface area contributed by atoms with Gasteiger partial charge in [-0.1, -0.05) is 25.7 Å². The second kappa shape index (κ2) is 6.19. The molecule has 1 heterocycles. The highest BCUT2D eigenvalue weighted by molar-refractivity contribution is 5.58. The summed E-state index contributed by atoms with van der Waals surface area (Å²) in [5.74, 6) is 8.02.